The highest BCUT2D eigenvalue weighted by atomic mass is 35.5. The van der Waals surface area contributed by atoms with E-state index in [1.54, 1.807) is 7.05 Å². The second-order valence-corrected chi connectivity index (χ2v) is 13.1. The van der Waals surface area contributed by atoms with Crippen molar-refractivity contribution in [2.24, 2.45) is 4.99 Å². The van der Waals surface area contributed by atoms with Crippen molar-refractivity contribution >= 4 is 56.2 Å². The zero-order valence-electron chi connectivity index (χ0n) is 25.6. The molecule has 1 aliphatic heterocycles. The molecule has 3 aromatic carbocycles. The number of nitrogens with zero attached hydrogens (tertiary/aromatic N) is 5. The quantitative estimate of drug-likeness (QED) is 0.138. The molecule has 44 heavy (non-hydrogen) atoms. The number of thiophene rings is 1. The first-order valence-electron chi connectivity index (χ1n) is 15.7. The third-order valence-electron chi connectivity index (χ3n) is 8.55. The molecule has 0 unspecified atom stereocenters. The topological polar surface area (TPSA) is 53.7 Å². The monoisotopic (exact) mass is 625 g/mol. The van der Waals surface area contributed by atoms with Crippen molar-refractivity contribution < 1.29 is 4.79 Å². The van der Waals surface area contributed by atoms with Gasteiger partial charge in [-0.2, -0.15) is 0 Å². The fraction of sp³-hybridized carbons (Fsp3) is 0.361. The first kappa shape index (κ1) is 30.5. The van der Waals surface area contributed by atoms with E-state index < -0.39 is 0 Å². The van der Waals surface area contributed by atoms with Crippen molar-refractivity contribution in [1.82, 2.24) is 19.4 Å². The van der Waals surface area contributed by atoms with Crippen LogP contribution < -0.4 is 0 Å². The average Bonchev–Trinajstić information content (AvgIpc) is 3.56. The molecule has 2 aromatic heterocycles. The molecule has 6 rings (SSSR count). The third kappa shape index (κ3) is 6.60. The van der Waals surface area contributed by atoms with Crippen molar-refractivity contribution in [2.75, 3.05) is 26.7 Å². The average molecular weight is 626 g/mol. The molecule has 8 heteroatoms. The minimum atomic E-state index is -0.0347. The van der Waals surface area contributed by atoms with E-state index in [-0.39, 0.29) is 5.91 Å². The molecule has 228 valence electrons. The maximum atomic E-state index is 14.1. The first-order chi connectivity index (χ1) is 21.6. The van der Waals surface area contributed by atoms with Crippen molar-refractivity contribution in [3.05, 3.63) is 99.1 Å². The van der Waals surface area contributed by atoms with Crippen LogP contribution in [0, 0.1) is 0 Å². The maximum Gasteiger partial charge on any atom is 0.265 e. The van der Waals surface area contributed by atoms with E-state index in [2.05, 4.69) is 63.8 Å². The zero-order chi connectivity index (χ0) is 30.5. The Bertz CT molecular complexity index is 1780. The van der Waals surface area contributed by atoms with Gasteiger partial charge in [0, 0.05) is 43.0 Å². The van der Waals surface area contributed by atoms with E-state index in [9.17, 15) is 4.79 Å². The number of carbonyl (C=O) groups excluding carboxylic acids is 1. The van der Waals surface area contributed by atoms with Crippen LogP contribution in [-0.4, -0.2) is 58.2 Å². The predicted molar refractivity (Wildman–Crippen MR) is 184 cm³/mol. The SMILES string of the molecule is CCCCN(Cc1nc2cc(C=NC)ccc2n1Cc1ccccc1CN1CCCCC1)C(=O)c1sc2ccccc2c1Cl. The molecule has 0 radical (unpaired) electrons. The van der Waals surface area contributed by atoms with Crippen molar-refractivity contribution in [3.63, 3.8) is 0 Å². The van der Waals surface area contributed by atoms with E-state index in [1.807, 2.05) is 35.4 Å². The summed E-state index contributed by atoms with van der Waals surface area (Å²) < 4.78 is 3.33. The van der Waals surface area contributed by atoms with Gasteiger partial charge in [-0.3, -0.25) is 14.7 Å². The summed E-state index contributed by atoms with van der Waals surface area (Å²) in [6, 6.07) is 23.1. The molecule has 1 fully saturated rings. The van der Waals surface area contributed by atoms with Crippen LogP contribution >= 0.6 is 22.9 Å². The summed E-state index contributed by atoms with van der Waals surface area (Å²) in [5.41, 5.74) is 5.62. The van der Waals surface area contributed by atoms with Crippen LogP contribution in [0.4, 0.5) is 0 Å². The Balaban J connectivity index is 1.38. The van der Waals surface area contributed by atoms with Gasteiger partial charge in [0.05, 0.1) is 22.6 Å². The number of imidazole rings is 1. The lowest BCUT2D eigenvalue weighted by Gasteiger charge is -2.27. The number of unbranched alkanes of at least 4 members (excludes halogenated alkanes) is 1. The fourth-order valence-corrected chi connectivity index (χ4v) is 7.67. The third-order valence-corrected chi connectivity index (χ3v) is 10.2. The minimum Gasteiger partial charge on any atom is -0.330 e. The largest absolute Gasteiger partial charge is 0.330 e. The summed E-state index contributed by atoms with van der Waals surface area (Å²) >= 11 is 8.28. The molecular formula is C36H40ClN5OS. The maximum absolute atomic E-state index is 14.1. The van der Waals surface area contributed by atoms with Gasteiger partial charge in [0.2, 0.25) is 0 Å². The van der Waals surface area contributed by atoms with Gasteiger partial charge in [-0.15, -0.1) is 11.3 Å². The number of aliphatic imine (C=N–C) groups is 1. The molecule has 1 aliphatic rings. The minimum absolute atomic E-state index is 0.0347. The summed E-state index contributed by atoms with van der Waals surface area (Å²) in [6.07, 6.45) is 7.62. The van der Waals surface area contributed by atoms with Crippen LogP contribution in [0.15, 0.2) is 71.7 Å². The van der Waals surface area contributed by atoms with Gasteiger partial charge < -0.3 is 9.47 Å². The lowest BCUT2D eigenvalue weighted by atomic mass is 10.0. The van der Waals surface area contributed by atoms with Gasteiger partial charge >= 0.3 is 0 Å². The molecule has 1 amide bonds. The Morgan fingerprint density at radius 3 is 2.52 bits per heavy atom. The van der Waals surface area contributed by atoms with Gasteiger partial charge in [-0.25, -0.2) is 4.98 Å². The summed E-state index contributed by atoms with van der Waals surface area (Å²) in [5.74, 6) is 0.840. The predicted octanol–water partition coefficient (Wildman–Crippen LogP) is 8.43. The summed E-state index contributed by atoms with van der Waals surface area (Å²) in [4.78, 5) is 28.6. The Hall–Kier alpha value is -3.52. The van der Waals surface area contributed by atoms with Crippen LogP contribution in [0.5, 0.6) is 0 Å². The van der Waals surface area contributed by atoms with Gasteiger partial charge in [-0.1, -0.05) is 79.9 Å². The number of hydrogen-bond donors (Lipinski definition) is 0. The standard InChI is InChI=1S/C36H40ClN5OS/c1-3-4-20-41(36(43)35-34(37)29-14-8-9-15-32(29)44-35)25-33-39-30-21-26(22-38-2)16-17-31(30)42(33)24-28-13-7-6-12-27(28)23-40-18-10-5-11-19-40/h6-9,12-17,21-22H,3-5,10-11,18-20,23-25H2,1-2H3. The Morgan fingerprint density at radius 2 is 1.77 bits per heavy atom. The van der Waals surface area contributed by atoms with Gasteiger partial charge in [0.25, 0.3) is 5.91 Å². The van der Waals surface area contributed by atoms with Gasteiger partial charge in [0.15, 0.2) is 0 Å². The van der Waals surface area contributed by atoms with Crippen LogP contribution in [-0.2, 0) is 19.6 Å². The fourth-order valence-electron chi connectivity index (χ4n) is 6.19. The molecule has 1 saturated heterocycles. The van der Waals surface area contributed by atoms with Crippen LogP contribution in [0.3, 0.4) is 0 Å². The number of rotatable bonds is 11. The van der Waals surface area contributed by atoms with Gasteiger partial charge in [-0.05, 0) is 67.2 Å². The number of hydrogen-bond acceptors (Lipinski definition) is 5. The van der Waals surface area contributed by atoms with Crippen molar-refractivity contribution in [2.45, 2.75) is 58.7 Å². The van der Waals surface area contributed by atoms with Crippen molar-refractivity contribution in [1.29, 1.82) is 0 Å². The molecule has 0 spiro atoms. The number of likely N-dealkylation sites (tertiary alicyclic amines) is 1. The Labute approximate surface area is 269 Å². The summed E-state index contributed by atoms with van der Waals surface area (Å²) in [6.45, 7) is 7.16. The Morgan fingerprint density at radius 1 is 1.02 bits per heavy atom. The number of piperidine rings is 1. The molecular weight excluding hydrogens is 586 g/mol. The van der Waals surface area contributed by atoms with Crippen LogP contribution in [0.1, 0.15) is 71.2 Å². The molecule has 0 aliphatic carbocycles. The number of benzene rings is 3. The zero-order valence-corrected chi connectivity index (χ0v) is 27.2. The highest BCUT2D eigenvalue weighted by molar-refractivity contribution is 7.21. The second kappa shape index (κ2) is 14.1. The number of carbonyl (C=O) groups is 1. The lowest BCUT2D eigenvalue weighted by molar-refractivity contribution is 0.0740. The molecule has 0 saturated carbocycles. The first-order valence-corrected chi connectivity index (χ1v) is 16.9. The molecule has 0 N–H and O–H groups in total. The van der Waals surface area contributed by atoms with Crippen molar-refractivity contribution in [3.8, 4) is 0 Å². The molecule has 5 aromatic rings. The van der Waals surface area contributed by atoms with E-state index in [1.165, 1.54) is 41.7 Å². The molecule has 0 bridgehead atoms. The molecule has 6 nitrogen and oxygen atoms in total. The van der Waals surface area contributed by atoms with E-state index in [0.29, 0.717) is 29.5 Å². The number of halogens is 1. The highest BCUT2D eigenvalue weighted by Gasteiger charge is 2.25. The molecule has 0 atom stereocenters. The Kier molecular flexibility index (Phi) is 9.75. The van der Waals surface area contributed by atoms with Crippen LogP contribution in [0.2, 0.25) is 5.02 Å². The number of fused-ring (bicyclic) bond motifs is 2. The number of aromatic nitrogens is 2. The van der Waals surface area contributed by atoms with Crippen LogP contribution in [0.25, 0.3) is 21.1 Å². The van der Waals surface area contributed by atoms with E-state index in [0.717, 1.165) is 65.0 Å². The highest BCUT2D eigenvalue weighted by Crippen LogP contribution is 2.36. The van der Waals surface area contributed by atoms with Gasteiger partial charge in [0.1, 0.15) is 10.7 Å². The second-order valence-electron chi connectivity index (χ2n) is 11.7. The summed E-state index contributed by atoms with van der Waals surface area (Å²) in [7, 11) is 1.78. The van der Waals surface area contributed by atoms with E-state index in [4.69, 9.17) is 16.6 Å². The number of amides is 1. The van der Waals surface area contributed by atoms with E-state index >= 15 is 0 Å². The molecule has 3 heterocycles. The summed E-state index contributed by atoms with van der Waals surface area (Å²) in [5, 5.41) is 1.47. The normalized spacial score (nSPS) is 14.2. The smallest absolute Gasteiger partial charge is 0.265 e. The lowest BCUT2D eigenvalue weighted by Crippen LogP contribution is -2.32.